The zero-order valence-electron chi connectivity index (χ0n) is 15.7. The van der Waals surface area contributed by atoms with E-state index in [1.54, 1.807) is 19.1 Å². The van der Waals surface area contributed by atoms with Crippen LogP contribution in [0.4, 0.5) is 0 Å². The Bertz CT molecular complexity index is 731. The zero-order valence-corrected chi connectivity index (χ0v) is 15.7. The van der Waals surface area contributed by atoms with E-state index >= 15 is 0 Å². The zero-order chi connectivity index (χ0) is 19.1. The fourth-order valence-corrected chi connectivity index (χ4v) is 2.52. The third-order valence-electron chi connectivity index (χ3n) is 3.75. The van der Waals surface area contributed by atoms with Gasteiger partial charge in [0.1, 0.15) is 5.56 Å². The van der Waals surface area contributed by atoms with Crippen molar-refractivity contribution in [3.63, 3.8) is 0 Å². The number of carbonyl (C=O) groups is 1. The molecule has 142 valence electrons. The summed E-state index contributed by atoms with van der Waals surface area (Å²) in [5.74, 6) is 1.41. The van der Waals surface area contributed by atoms with E-state index in [-0.39, 0.29) is 5.91 Å². The molecule has 0 spiro atoms. The molecule has 0 atom stereocenters. The lowest BCUT2D eigenvalue weighted by Crippen LogP contribution is -2.27. The number of methoxy groups -OCH3 is 3. The Hall–Kier alpha value is -2.74. The van der Waals surface area contributed by atoms with Gasteiger partial charge in [-0.3, -0.25) is 4.79 Å². The second-order valence-electron chi connectivity index (χ2n) is 5.34. The lowest BCUT2D eigenvalue weighted by molar-refractivity contribution is 0.0922. The summed E-state index contributed by atoms with van der Waals surface area (Å²) in [6.45, 7) is 5.04. The molecular formula is C18H24N2O6. The largest absolute Gasteiger partial charge is 0.493 e. The van der Waals surface area contributed by atoms with E-state index in [1.165, 1.54) is 21.3 Å². The average Bonchev–Trinajstić information content (AvgIpc) is 3.05. The Balaban J connectivity index is 2.39. The summed E-state index contributed by atoms with van der Waals surface area (Å²) in [5.41, 5.74) is 1.44. The van der Waals surface area contributed by atoms with E-state index in [0.717, 1.165) is 0 Å². The van der Waals surface area contributed by atoms with Crippen LogP contribution in [0.15, 0.2) is 16.7 Å². The molecule has 1 aromatic heterocycles. The average molecular weight is 364 g/mol. The maximum atomic E-state index is 12.6. The number of rotatable bonds is 9. The summed E-state index contributed by atoms with van der Waals surface area (Å²) in [4.78, 5) is 12.6. The van der Waals surface area contributed by atoms with Gasteiger partial charge in [-0.25, -0.2) is 0 Å². The van der Waals surface area contributed by atoms with Crippen molar-refractivity contribution in [3.05, 3.63) is 23.4 Å². The van der Waals surface area contributed by atoms with Crippen LogP contribution in [0.3, 0.4) is 0 Å². The van der Waals surface area contributed by atoms with Crippen LogP contribution in [-0.4, -0.2) is 52.2 Å². The molecule has 0 fully saturated rings. The SMILES string of the molecule is CCOCCNC(=O)c1c(C)noc1-c1cc(OC)c(OC)c(OC)c1. The number of nitrogens with zero attached hydrogens (tertiary/aromatic N) is 1. The fourth-order valence-electron chi connectivity index (χ4n) is 2.52. The summed E-state index contributed by atoms with van der Waals surface area (Å²) in [7, 11) is 4.57. The first kappa shape index (κ1) is 19.6. The molecule has 0 aliphatic carbocycles. The van der Waals surface area contributed by atoms with Gasteiger partial charge in [0.2, 0.25) is 5.75 Å². The summed E-state index contributed by atoms with van der Waals surface area (Å²) < 4.78 is 26.7. The molecule has 0 aliphatic rings. The number of ether oxygens (including phenoxy) is 4. The minimum atomic E-state index is -0.285. The van der Waals surface area contributed by atoms with Crippen molar-refractivity contribution in [3.8, 4) is 28.6 Å². The fraction of sp³-hybridized carbons (Fsp3) is 0.444. The van der Waals surface area contributed by atoms with Crippen LogP contribution in [0.25, 0.3) is 11.3 Å². The minimum absolute atomic E-state index is 0.285. The maximum absolute atomic E-state index is 12.6. The van der Waals surface area contributed by atoms with Crippen LogP contribution in [0.2, 0.25) is 0 Å². The number of nitrogens with one attached hydrogen (secondary N) is 1. The third-order valence-corrected chi connectivity index (χ3v) is 3.75. The maximum Gasteiger partial charge on any atom is 0.257 e. The standard InChI is InChI=1S/C18H24N2O6/c1-6-25-8-7-19-18(21)15-11(2)20-26-16(15)12-9-13(22-3)17(24-5)14(10-12)23-4/h9-10H,6-8H2,1-5H3,(H,19,21). The van der Waals surface area contributed by atoms with E-state index in [4.69, 9.17) is 23.5 Å². The molecule has 1 aromatic carbocycles. The van der Waals surface area contributed by atoms with Crippen LogP contribution >= 0.6 is 0 Å². The number of hydrogen-bond donors (Lipinski definition) is 1. The van der Waals surface area contributed by atoms with Crippen molar-refractivity contribution in [1.29, 1.82) is 0 Å². The normalized spacial score (nSPS) is 10.5. The van der Waals surface area contributed by atoms with Crippen LogP contribution in [0.5, 0.6) is 17.2 Å². The molecule has 0 bridgehead atoms. The first-order chi connectivity index (χ1) is 12.6. The Morgan fingerprint density at radius 1 is 1.15 bits per heavy atom. The lowest BCUT2D eigenvalue weighted by Gasteiger charge is -2.13. The molecule has 8 heteroatoms. The van der Waals surface area contributed by atoms with Crippen molar-refractivity contribution in [2.45, 2.75) is 13.8 Å². The lowest BCUT2D eigenvalue weighted by atomic mass is 10.0. The number of amides is 1. The van der Waals surface area contributed by atoms with Gasteiger partial charge in [-0.2, -0.15) is 0 Å². The molecule has 1 amide bonds. The molecule has 8 nitrogen and oxygen atoms in total. The van der Waals surface area contributed by atoms with Crippen LogP contribution in [-0.2, 0) is 4.74 Å². The van der Waals surface area contributed by atoms with E-state index in [1.807, 2.05) is 6.92 Å². The van der Waals surface area contributed by atoms with Gasteiger partial charge in [-0.1, -0.05) is 5.16 Å². The van der Waals surface area contributed by atoms with Gasteiger partial charge in [0.25, 0.3) is 5.91 Å². The summed E-state index contributed by atoms with van der Waals surface area (Å²) in [5, 5.41) is 6.73. The predicted molar refractivity (Wildman–Crippen MR) is 95.2 cm³/mol. The van der Waals surface area contributed by atoms with Gasteiger partial charge in [0, 0.05) is 18.7 Å². The van der Waals surface area contributed by atoms with Gasteiger partial charge in [-0.15, -0.1) is 0 Å². The molecular weight excluding hydrogens is 340 g/mol. The van der Waals surface area contributed by atoms with Crippen molar-refractivity contribution >= 4 is 5.91 Å². The topological polar surface area (TPSA) is 92.1 Å². The third kappa shape index (κ3) is 4.08. The van der Waals surface area contributed by atoms with E-state index < -0.39 is 0 Å². The first-order valence-electron chi connectivity index (χ1n) is 8.19. The van der Waals surface area contributed by atoms with Crippen LogP contribution < -0.4 is 19.5 Å². The molecule has 0 saturated heterocycles. The van der Waals surface area contributed by atoms with Gasteiger partial charge in [0.15, 0.2) is 17.3 Å². The smallest absolute Gasteiger partial charge is 0.257 e. The predicted octanol–water partition coefficient (Wildman–Crippen LogP) is 2.44. The quantitative estimate of drug-likeness (QED) is 0.683. The van der Waals surface area contributed by atoms with E-state index in [0.29, 0.717) is 59.6 Å². The second-order valence-corrected chi connectivity index (χ2v) is 5.34. The molecule has 0 unspecified atom stereocenters. The summed E-state index contributed by atoms with van der Waals surface area (Å²) >= 11 is 0. The number of benzene rings is 1. The van der Waals surface area contributed by atoms with Crippen LogP contribution in [0.1, 0.15) is 23.0 Å². The molecule has 2 rings (SSSR count). The minimum Gasteiger partial charge on any atom is -0.493 e. The van der Waals surface area contributed by atoms with E-state index in [9.17, 15) is 4.79 Å². The molecule has 0 saturated carbocycles. The van der Waals surface area contributed by atoms with Crippen molar-refractivity contribution in [2.75, 3.05) is 41.1 Å². The Morgan fingerprint density at radius 3 is 2.35 bits per heavy atom. The highest BCUT2D eigenvalue weighted by Gasteiger charge is 2.24. The van der Waals surface area contributed by atoms with Crippen molar-refractivity contribution in [1.82, 2.24) is 10.5 Å². The molecule has 26 heavy (non-hydrogen) atoms. The van der Waals surface area contributed by atoms with E-state index in [2.05, 4.69) is 10.5 Å². The highest BCUT2D eigenvalue weighted by Crippen LogP contribution is 2.42. The van der Waals surface area contributed by atoms with Gasteiger partial charge >= 0.3 is 0 Å². The van der Waals surface area contributed by atoms with Crippen molar-refractivity contribution in [2.24, 2.45) is 0 Å². The molecule has 0 aliphatic heterocycles. The van der Waals surface area contributed by atoms with Gasteiger partial charge in [0.05, 0.1) is 33.6 Å². The summed E-state index contributed by atoms with van der Waals surface area (Å²) in [6.07, 6.45) is 0. The summed E-state index contributed by atoms with van der Waals surface area (Å²) in [6, 6.07) is 3.41. The van der Waals surface area contributed by atoms with Gasteiger partial charge in [-0.05, 0) is 26.0 Å². The number of aromatic nitrogens is 1. The Kier molecular flexibility index (Phi) is 6.85. The molecule has 2 aromatic rings. The Labute approximate surface area is 152 Å². The highest BCUT2D eigenvalue weighted by atomic mass is 16.5. The monoisotopic (exact) mass is 364 g/mol. The van der Waals surface area contributed by atoms with Gasteiger partial charge < -0.3 is 28.8 Å². The number of carbonyl (C=O) groups excluding carboxylic acids is 1. The highest BCUT2D eigenvalue weighted by molar-refractivity contribution is 6.00. The Morgan fingerprint density at radius 2 is 1.81 bits per heavy atom. The molecule has 1 heterocycles. The second kappa shape index (κ2) is 9.10. The number of hydrogen-bond acceptors (Lipinski definition) is 7. The number of aryl methyl sites for hydroxylation is 1. The molecule has 0 radical (unpaired) electrons. The van der Waals surface area contributed by atoms with Crippen molar-refractivity contribution < 1.29 is 28.3 Å². The van der Waals surface area contributed by atoms with Crippen LogP contribution in [0, 0.1) is 6.92 Å². The first-order valence-corrected chi connectivity index (χ1v) is 8.19. The molecule has 1 N–H and O–H groups in total.